The number of likely N-dealkylation sites (N-methyl/N-ethyl adjacent to an activating group) is 1. The molecule has 1 fully saturated rings. The number of nitrogens with zero attached hydrogens (tertiary/aromatic N) is 1. The largest absolute Gasteiger partial charge is 0.297 e. The van der Waals surface area contributed by atoms with Crippen LogP contribution in [0.3, 0.4) is 0 Å². The van der Waals surface area contributed by atoms with Crippen molar-refractivity contribution in [1.29, 1.82) is 0 Å². The molecule has 0 aromatic rings. The highest BCUT2D eigenvalue weighted by Crippen LogP contribution is 2.26. The highest BCUT2D eigenvalue weighted by atomic mass is 16.1. The topological polar surface area (TPSA) is 20.3 Å². The van der Waals surface area contributed by atoms with Crippen molar-refractivity contribution in [2.24, 2.45) is 5.41 Å². The van der Waals surface area contributed by atoms with Gasteiger partial charge in [-0.1, -0.05) is 27.7 Å². The molecule has 1 rings (SSSR count). The van der Waals surface area contributed by atoms with E-state index in [2.05, 4.69) is 11.8 Å². The molecule has 0 N–H and O–H groups in total. The minimum absolute atomic E-state index is 0.178. The van der Waals surface area contributed by atoms with E-state index in [1.165, 1.54) is 6.42 Å². The van der Waals surface area contributed by atoms with Crippen LogP contribution in [-0.2, 0) is 4.79 Å². The molecule has 0 amide bonds. The summed E-state index contributed by atoms with van der Waals surface area (Å²) in [6.07, 6.45) is 2.24. The second-order valence-electron chi connectivity index (χ2n) is 4.90. The van der Waals surface area contributed by atoms with E-state index in [0.717, 1.165) is 19.5 Å². The van der Waals surface area contributed by atoms with Crippen LogP contribution in [0.2, 0.25) is 0 Å². The van der Waals surface area contributed by atoms with E-state index in [-0.39, 0.29) is 11.5 Å². The van der Waals surface area contributed by atoms with Crippen molar-refractivity contribution in [2.75, 3.05) is 13.1 Å². The van der Waals surface area contributed by atoms with Crippen LogP contribution in [0.1, 0.15) is 40.5 Å². The Morgan fingerprint density at radius 1 is 1.46 bits per heavy atom. The van der Waals surface area contributed by atoms with E-state index in [0.29, 0.717) is 5.78 Å². The van der Waals surface area contributed by atoms with Crippen molar-refractivity contribution in [3.05, 3.63) is 0 Å². The van der Waals surface area contributed by atoms with Crippen LogP contribution < -0.4 is 0 Å². The molecule has 1 heterocycles. The fraction of sp³-hybridized carbons (Fsp3) is 0.909. The second kappa shape index (κ2) is 3.79. The normalized spacial score (nSPS) is 25.1. The number of hydrogen-bond acceptors (Lipinski definition) is 2. The Morgan fingerprint density at radius 3 is 2.54 bits per heavy atom. The summed E-state index contributed by atoms with van der Waals surface area (Å²) >= 11 is 0. The van der Waals surface area contributed by atoms with Crippen molar-refractivity contribution < 1.29 is 4.79 Å². The van der Waals surface area contributed by atoms with Gasteiger partial charge in [-0.15, -0.1) is 0 Å². The Labute approximate surface area is 81.3 Å². The quantitative estimate of drug-likeness (QED) is 0.653. The van der Waals surface area contributed by atoms with Gasteiger partial charge in [0.15, 0.2) is 5.78 Å². The first-order valence-electron chi connectivity index (χ1n) is 5.25. The third-order valence-electron chi connectivity index (χ3n) is 2.81. The van der Waals surface area contributed by atoms with E-state index in [1.54, 1.807) is 0 Å². The first kappa shape index (κ1) is 10.7. The molecule has 1 atom stereocenters. The van der Waals surface area contributed by atoms with Crippen molar-refractivity contribution in [3.8, 4) is 0 Å². The van der Waals surface area contributed by atoms with Gasteiger partial charge in [-0.3, -0.25) is 9.69 Å². The number of Topliss-reactive ketones (excluding diaryl/α,β-unsaturated/α-hetero) is 1. The fourth-order valence-electron chi connectivity index (χ4n) is 2.00. The smallest absolute Gasteiger partial charge is 0.155 e. The summed E-state index contributed by atoms with van der Waals surface area (Å²) in [7, 11) is 0. The molecule has 0 unspecified atom stereocenters. The molecular weight excluding hydrogens is 162 g/mol. The van der Waals surface area contributed by atoms with Crippen LogP contribution >= 0.6 is 0 Å². The van der Waals surface area contributed by atoms with Crippen LogP contribution in [0.4, 0.5) is 0 Å². The summed E-state index contributed by atoms with van der Waals surface area (Å²) in [6.45, 7) is 10.3. The lowest BCUT2D eigenvalue weighted by Gasteiger charge is -2.27. The monoisotopic (exact) mass is 183 g/mol. The molecule has 2 heteroatoms. The van der Waals surface area contributed by atoms with E-state index < -0.39 is 0 Å². The highest BCUT2D eigenvalue weighted by molar-refractivity contribution is 5.88. The zero-order valence-electron chi connectivity index (χ0n) is 9.26. The van der Waals surface area contributed by atoms with Crippen molar-refractivity contribution in [2.45, 2.75) is 46.6 Å². The third-order valence-corrected chi connectivity index (χ3v) is 2.81. The van der Waals surface area contributed by atoms with Crippen molar-refractivity contribution >= 4 is 5.78 Å². The lowest BCUT2D eigenvalue weighted by atomic mass is 9.85. The van der Waals surface area contributed by atoms with E-state index in [1.807, 2.05) is 20.8 Å². The summed E-state index contributed by atoms with van der Waals surface area (Å²) in [6, 6.07) is 0.199. The van der Waals surface area contributed by atoms with Gasteiger partial charge in [-0.25, -0.2) is 0 Å². The standard InChI is InChI=1S/C11H21NO/c1-5-12-8-6-7-9(12)10(13)11(2,3)4/h9H,5-8H2,1-4H3/t9-/m0/s1. The van der Waals surface area contributed by atoms with Gasteiger partial charge in [0.25, 0.3) is 0 Å². The molecule has 1 aliphatic heterocycles. The van der Waals surface area contributed by atoms with Gasteiger partial charge in [0.05, 0.1) is 6.04 Å². The molecule has 0 bridgehead atoms. The summed E-state index contributed by atoms with van der Waals surface area (Å²) in [5.41, 5.74) is -0.178. The van der Waals surface area contributed by atoms with Crippen LogP contribution in [0.25, 0.3) is 0 Å². The maximum atomic E-state index is 12.0. The Balaban J connectivity index is 2.66. The van der Waals surface area contributed by atoms with Crippen molar-refractivity contribution in [1.82, 2.24) is 4.90 Å². The first-order valence-corrected chi connectivity index (χ1v) is 5.25. The lowest BCUT2D eigenvalue weighted by molar-refractivity contribution is -0.130. The fourth-order valence-corrected chi connectivity index (χ4v) is 2.00. The SMILES string of the molecule is CCN1CCC[C@H]1C(=O)C(C)(C)C. The van der Waals surface area contributed by atoms with Gasteiger partial charge in [-0.2, -0.15) is 0 Å². The lowest BCUT2D eigenvalue weighted by Crippen LogP contribution is -2.41. The Kier molecular flexibility index (Phi) is 3.12. The number of hydrogen-bond donors (Lipinski definition) is 0. The Bertz CT molecular complexity index is 193. The average Bonchev–Trinajstić information content (AvgIpc) is 2.48. The summed E-state index contributed by atoms with van der Waals surface area (Å²) < 4.78 is 0. The van der Waals surface area contributed by atoms with Crippen LogP contribution in [0.5, 0.6) is 0 Å². The summed E-state index contributed by atoms with van der Waals surface area (Å²) in [5, 5.41) is 0. The minimum atomic E-state index is -0.178. The maximum absolute atomic E-state index is 12.0. The molecule has 0 spiro atoms. The molecule has 13 heavy (non-hydrogen) atoms. The van der Waals surface area contributed by atoms with Crippen LogP contribution in [0.15, 0.2) is 0 Å². The number of carbonyl (C=O) groups excluding carboxylic acids is 1. The zero-order chi connectivity index (χ0) is 10.1. The molecule has 0 radical (unpaired) electrons. The van der Waals surface area contributed by atoms with E-state index in [9.17, 15) is 4.79 Å². The molecule has 1 saturated heterocycles. The second-order valence-corrected chi connectivity index (χ2v) is 4.90. The van der Waals surface area contributed by atoms with Gasteiger partial charge in [0.1, 0.15) is 0 Å². The molecular formula is C11H21NO. The van der Waals surface area contributed by atoms with E-state index >= 15 is 0 Å². The van der Waals surface area contributed by atoms with Crippen LogP contribution in [0, 0.1) is 5.41 Å². The van der Waals surface area contributed by atoms with Gasteiger partial charge in [0, 0.05) is 5.41 Å². The molecule has 0 saturated carbocycles. The van der Waals surface area contributed by atoms with Gasteiger partial charge < -0.3 is 0 Å². The third kappa shape index (κ3) is 2.31. The first-order chi connectivity index (χ1) is 5.96. The van der Waals surface area contributed by atoms with Crippen molar-refractivity contribution in [3.63, 3.8) is 0 Å². The van der Waals surface area contributed by atoms with Gasteiger partial charge >= 0.3 is 0 Å². The molecule has 76 valence electrons. The van der Waals surface area contributed by atoms with Gasteiger partial charge in [-0.05, 0) is 25.9 Å². The molecule has 0 aromatic heterocycles. The Morgan fingerprint density at radius 2 is 2.08 bits per heavy atom. The predicted octanol–water partition coefficient (Wildman–Crippen LogP) is 2.09. The molecule has 2 nitrogen and oxygen atoms in total. The number of likely N-dealkylation sites (tertiary alicyclic amines) is 1. The average molecular weight is 183 g/mol. The predicted molar refractivity (Wildman–Crippen MR) is 54.7 cm³/mol. The number of carbonyl (C=O) groups is 1. The Hall–Kier alpha value is -0.370. The molecule has 0 aromatic carbocycles. The molecule has 1 aliphatic rings. The zero-order valence-corrected chi connectivity index (χ0v) is 9.26. The molecule has 0 aliphatic carbocycles. The number of rotatable bonds is 2. The highest BCUT2D eigenvalue weighted by Gasteiger charge is 2.35. The van der Waals surface area contributed by atoms with Crippen LogP contribution in [-0.4, -0.2) is 29.8 Å². The summed E-state index contributed by atoms with van der Waals surface area (Å²) in [4.78, 5) is 14.3. The van der Waals surface area contributed by atoms with E-state index in [4.69, 9.17) is 0 Å². The minimum Gasteiger partial charge on any atom is -0.297 e. The van der Waals surface area contributed by atoms with Gasteiger partial charge in [0.2, 0.25) is 0 Å². The summed E-state index contributed by atoms with van der Waals surface area (Å²) in [5.74, 6) is 0.409. The number of ketones is 1. The maximum Gasteiger partial charge on any atom is 0.155 e.